The van der Waals surface area contributed by atoms with E-state index in [0.29, 0.717) is 0 Å². The van der Waals surface area contributed by atoms with Gasteiger partial charge in [0.15, 0.2) is 0 Å². The normalized spacial score (nSPS) is 11.3. The number of rotatable bonds is 8. The Bertz CT molecular complexity index is 3290. The van der Waals surface area contributed by atoms with Gasteiger partial charge in [-0.25, -0.2) is 0 Å². The van der Waals surface area contributed by atoms with Crippen molar-refractivity contribution in [3.05, 3.63) is 237 Å². The van der Waals surface area contributed by atoms with Gasteiger partial charge in [0.25, 0.3) is 0 Å². The van der Waals surface area contributed by atoms with Crippen molar-refractivity contribution < 1.29 is 4.42 Å². The Labute approximate surface area is 349 Å². The van der Waals surface area contributed by atoms with Gasteiger partial charge >= 0.3 is 0 Å². The predicted octanol–water partition coefficient (Wildman–Crippen LogP) is 16.5. The van der Waals surface area contributed by atoms with Crippen LogP contribution in [0.4, 0.5) is 17.1 Å². The molecule has 0 unspecified atom stereocenters. The van der Waals surface area contributed by atoms with Crippen molar-refractivity contribution >= 4 is 49.8 Å². The minimum absolute atomic E-state index is 0.897. The predicted molar refractivity (Wildman–Crippen MR) is 253 cm³/mol. The average molecular weight is 766 g/mol. The van der Waals surface area contributed by atoms with Crippen molar-refractivity contribution in [2.75, 3.05) is 4.90 Å². The lowest BCUT2D eigenvalue weighted by molar-refractivity contribution is 0.670. The van der Waals surface area contributed by atoms with Crippen LogP contribution in [0.25, 0.3) is 88.3 Å². The fourth-order valence-corrected chi connectivity index (χ4v) is 8.81. The van der Waals surface area contributed by atoms with Crippen molar-refractivity contribution in [1.29, 1.82) is 0 Å². The maximum Gasteiger partial charge on any atom is 0.143 e. The van der Waals surface area contributed by atoms with Crippen LogP contribution >= 0.6 is 0 Å². The summed E-state index contributed by atoms with van der Waals surface area (Å²) in [5, 5.41) is 4.64. The molecule has 0 amide bonds. The second-order valence-corrected chi connectivity index (χ2v) is 15.2. The third-order valence-electron chi connectivity index (χ3n) is 11.7. The van der Waals surface area contributed by atoms with Crippen molar-refractivity contribution in [3.63, 3.8) is 0 Å². The van der Waals surface area contributed by atoms with E-state index >= 15 is 0 Å². The van der Waals surface area contributed by atoms with Crippen LogP contribution in [0, 0.1) is 0 Å². The number of benzene rings is 10. The summed E-state index contributed by atoms with van der Waals surface area (Å²) >= 11 is 0. The molecule has 0 radical (unpaired) electrons. The molecule has 11 rings (SSSR count). The molecule has 10 aromatic carbocycles. The van der Waals surface area contributed by atoms with Crippen LogP contribution in [0.15, 0.2) is 241 Å². The van der Waals surface area contributed by atoms with Crippen molar-refractivity contribution in [2.24, 2.45) is 0 Å². The van der Waals surface area contributed by atoms with Gasteiger partial charge in [0.05, 0.1) is 5.69 Å². The number of hydrogen-bond donors (Lipinski definition) is 0. The van der Waals surface area contributed by atoms with Crippen LogP contribution in [0.2, 0.25) is 0 Å². The molecule has 1 aromatic heterocycles. The molecular weight excluding hydrogens is 727 g/mol. The minimum atomic E-state index is 0.897. The molecule has 2 heteroatoms. The molecule has 282 valence electrons. The summed E-state index contributed by atoms with van der Waals surface area (Å²) in [6, 6.07) is 84.8. The van der Waals surface area contributed by atoms with Gasteiger partial charge in [0.1, 0.15) is 11.2 Å². The first-order valence-electron chi connectivity index (χ1n) is 20.5. The summed E-state index contributed by atoms with van der Waals surface area (Å²) < 4.78 is 6.59. The number of hydrogen-bond acceptors (Lipinski definition) is 2. The van der Waals surface area contributed by atoms with E-state index < -0.39 is 0 Å². The molecule has 0 saturated heterocycles. The fraction of sp³-hybridized carbons (Fsp3) is 0. The molecule has 11 aromatic rings. The number of para-hydroxylation sites is 2. The highest BCUT2D eigenvalue weighted by Gasteiger charge is 2.20. The fourth-order valence-electron chi connectivity index (χ4n) is 8.81. The molecule has 1 heterocycles. The Morgan fingerprint density at radius 1 is 0.283 bits per heavy atom. The molecule has 0 aliphatic heterocycles. The summed E-state index contributed by atoms with van der Waals surface area (Å²) in [6.45, 7) is 0. The average Bonchev–Trinajstić information content (AvgIpc) is 3.72. The highest BCUT2D eigenvalue weighted by atomic mass is 16.3. The van der Waals surface area contributed by atoms with E-state index in [1.165, 1.54) is 44.2 Å². The summed E-state index contributed by atoms with van der Waals surface area (Å²) in [7, 11) is 0. The van der Waals surface area contributed by atoms with Crippen molar-refractivity contribution in [3.8, 4) is 55.6 Å². The lowest BCUT2D eigenvalue weighted by atomic mass is 9.90. The van der Waals surface area contributed by atoms with Gasteiger partial charge in [-0.3, -0.25) is 0 Å². The van der Waals surface area contributed by atoms with Gasteiger partial charge in [-0.15, -0.1) is 0 Å². The SMILES string of the molecule is c1ccc(-c2ccc(N(c3ccc(-c4ccc(-c5ccccc5)c(-c5cccc6c5oc5ccccc56)c4)cc3)c3cccc4ccccc34)cc2-c2ccccc2)cc1. The molecule has 0 N–H and O–H groups in total. The van der Waals surface area contributed by atoms with Crippen LogP contribution in [-0.2, 0) is 0 Å². The molecule has 0 saturated carbocycles. The van der Waals surface area contributed by atoms with Gasteiger partial charge < -0.3 is 9.32 Å². The zero-order valence-corrected chi connectivity index (χ0v) is 32.9. The van der Waals surface area contributed by atoms with Crippen LogP contribution in [0.5, 0.6) is 0 Å². The van der Waals surface area contributed by atoms with Gasteiger partial charge in [0.2, 0.25) is 0 Å². The number of nitrogens with zero attached hydrogens (tertiary/aromatic N) is 1. The van der Waals surface area contributed by atoms with E-state index in [1.807, 2.05) is 6.07 Å². The molecule has 60 heavy (non-hydrogen) atoms. The van der Waals surface area contributed by atoms with Crippen LogP contribution < -0.4 is 4.90 Å². The van der Waals surface area contributed by atoms with Crippen LogP contribution in [0.1, 0.15) is 0 Å². The standard InChI is InChI=1S/C58H39NO/c1-4-16-41(17-5-1)48-37-35-47(39-54(48)44-20-8-3-9-21-44)59(56-28-14-23-43-22-10-11-24-50(43)56)46-33-30-40(31-34-46)45-32-36-49(42-18-6-2-7-19-42)55(38-45)53-27-15-26-52-51-25-12-13-29-57(51)60-58(52)53/h1-39H. The van der Waals surface area contributed by atoms with E-state index in [1.54, 1.807) is 0 Å². The molecule has 0 spiro atoms. The Kier molecular flexibility index (Phi) is 8.87. The van der Waals surface area contributed by atoms with E-state index in [0.717, 1.165) is 61.3 Å². The molecule has 0 bridgehead atoms. The third-order valence-corrected chi connectivity index (χ3v) is 11.7. The monoisotopic (exact) mass is 765 g/mol. The number of fused-ring (bicyclic) bond motifs is 4. The smallest absolute Gasteiger partial charge is 0.143 e. The summed E-state index contributed by atoms with van der Waals surface area (Å²) in [5.74, 6) is 0. The maximum absolute atomic E-state index is 6.59. The van der Waals surface area contributed by atoms with Gasteiger partial charge in [-0.05, 0) is 97.9 Å². The molecule has 2 nitrogen and oxygen atoms in total. The Balaban J connectivity index is 1.06. The quantitative estimate of drug-likeness (QED) is 0.153. The summed E-state index contributed by atoms with van der Waals surface area (Å²) in [5.41, 5.74) is 16.7. The maximum atomic E-state index is 6.59. The Morgan fingerprint density at radius 3 is 1.55 bits per heavy atom. The first-order chi connectivity index (χ1) is 29.8. The first-order valence-corrected chi connectivity index (χ1v) is 20.5. The highest BCUT2D eigenvalue weighted by molar-refractivity contribution is 6.11. The Hall–Kier alpha value is -7.94. The highest BCUT2D eigenvalue weighted by Crippen LogP contribution is 2.45. The second kappa shape index (κ2) is 15.1. The van der Waals surface area contributed by atoms with Gasteiger partial charge in [0, 0.05) is 33.1 Å². The topological polar surface area (TPSA) is 16.4 Å². The zero-order chi connectivity index (χ0) is 39.8. The zero-order valence-electron chi connectivity index (χ0n) is 32.9. The summed E-state index contributed by atoms with van der Waals surface area (Å²) in [4.78, 5) is 2.40. The molecule has 0 aliphatic rings. The van der Waals surface area contributed by atoms with E-state index in [9.17, 15) is 0 Å². The van der Waals surface area contributed by atoms with Gasteiger partial charge in [-0.1, -0.05) is 194 Å². The van der Waals surface area contributed by atoms with Crippen LogP contribution in [-0.4, -0.2) is 0 Å². The van der Waals surface area contributed by atoms with Crippen molar-refractivity contribution in [1.82, 2.24) is 0 Å². The lowest BCUT2D eigenvalue weighted by Crippen LogP contribution is -2.10. The van der Waals surface area contributed by atoms with Gasteiger partial charge in [-0.2, -0.15) is 0 Å². The molecule has 0 aliphatic carbocycles. The molecular formula is C58H39NO. The van der Waals surface area contributed by atoms with E-state index in [-0.39, 0.29) is 0 Å². The summed E-state index contributed by atoms with van der Waals surface area (Å²) in [6.07, 6.45) is 0. The minimum Gasteiger partial charge on any atom is -0.455 e. The van der Waals surface area contributed by atoms with Crippen molar-refractivity contribution in [2.45, 2.75) is 0 Å². The number of anilines is 3. The molecule has 0 atom stereocenters. The first kappa shape index (κ1) is 35.2. The lowest BCUT2D eigenvalue weighted by Gasteiger charge is -2.28. The second-order valence-electron chi connectivity index (χ2n) is 15.2. The number of furan rings is 1. The Morgan fingerprint density at radius 2 is 0.817 bits per heavy atom. The van der Waals surface area contributed by atoms with E-state index in [4.69, 9.17) is 4.42 Å². The van der Waals surface area contributed by atoms with E-state index in [2.05, 4.69) is 235 Å². The molecule has 0 fully saturated rings. The largest absolute Gasteiger partial charge is 0.455 e. The third kappa shape index (κ3) is 6.32. The van der Waals surface area contributed by atoms with Crippen LogP contribution in [0.3, 0.4) is 0 Å².